The lowest BCUT2D eigenvalue weighted by atomic mass is 10.1. The molecule has 1 aliphatic heterocycles. The summed E-state index contributed by atoms with van der Waals surface area (Å²) in [7, 11) is 0. The second-order valence-corrected chi connectivity index (χ2v) is 4.24. The van der Waals surface area contributed by atoms with E-state index in [9.17, 15) is 0 Å². The number of rotatable bonds is 0. The van der Waals surface area contributed by atoms with Crippen molar-refractivity contribution in [1.82, 2.24) is 5.32 Å². The quantitative estimate of drug-likeness (QED) is 0.487. The van der Waals surface area contributed by atoms with Crippen molar-refractivity contribution < 1.29 is 0 Å². The molecule has 1 aliphatic rings. The van der Waals surface area contributed by atoms with E-state index in [1.54, 1.807) is 0 Å². The summed E-state index contributed by atoms with van der Waals surface area (Å²) < 4.78 is 0.920. The summed E-state index contributed by atoms with van der Waals surface area (Å²) in [5.74, 6) is 0. The Hall–Kier alpha value is 0.690. The van der Waals surface area contributed by atoms with Gasteiger partial charge in [0.05, 0.1) is 0 Å². The lowest BCUT2D eigenvalue weighted by Gasteiger charge is -2.23. The molecule has 0 radical (unpaired) electrons. The van der Waals surface area contributed by atoms with Gasteiger partial charge in [-0.05, 0) is 26.3 Å². The van der Waals surface area contributed by atoms with Gasteiger partial charge in [0.15, 0.2) is 0 Å². The fourth-order valence-corrected chi connectivity index (χ4v) is 2.15. The molecule has 0 aliphatic carbocycles. The molecular formula is C6H12IN. The molecule has 1 saturated heterocycles. The normalized spacial score (nSPS) is 39.8. The first-order chi connectivity index (χ1) is 3.79. The van der Waals surface area contributed by atoms with Crippen LogP contribution in [0.25, 0.3) is 0 Å². The summed E-state index contributed by atoms with van der Waals surface area (Å²) in [6.07, 6.45) is 2.70. The number of hydrogen-bond donors (Lipinski definition) is 1. The average Bonchev–Trinajstić information content (AvgIpc) is 1.64. The molecular weight excluding hydrogens is 213 g/mol. The molecule has 1 heterocycles. The number of piperidine rings is 1. The van der Waals surface area contributed by atoms with E-state index in [0.29, 0.717) is 0 Å². The molecule has 2 heteroatoms. The summed E-state index contributed by atoms with van der Waals surface area (Å²) in [5, 5.41) is 3.41. The van der Waals surface area contributed by atoms with Crippen LogP contribution in [0.3, 0.4) is 0 Å². The van der Waals surface area contributed by atoms with Crippen LogP contribution in [-0.2, 0) is 0 Å². The Balaban J connectivity index is 2.23. The second-order valence-electron chi connectivity index (χ2n) is 2.48. The molecule has 0 bridgehead atoms. The molecule has 1 N–H and O–H groups in total. The van der Waals surface area contributed by atoms with Gasteiger partial charge in [0.2, 0.25) is 0 Å². The smallest absolute Gasteiger partial charge is 0.0136 e. The van der Waals surface area contributed by atoms with Gasteiger partial charge in [-0.25, -0.2) is 0 Å². The Morgan fingerprint density at radius 2 is 2.38 bits per heavy atom. The molecule has 48 valence electrons. The molecule has 0 unspecified atom stereocenters. The van der Waals surface area contributed by atoms with Crippen molar-refractivity contribution >= 4 is 22.6 Å². The highest BCUT2D eigenvalue weighted by molar-refractivity contribution is 14.1. The predicted molar refractivity (Wildman–Crippen MR) is 44.5 cm³/mol. The highest BCUT2D eigenvalue weighted by Crippen LogP contribution is 2.16. The van der Waals surface area contributed by atoms with Crippen LogP contribution in [0.15, 0.2) is 0 Å². The molecule has 1 nitrogen and oxygen atoms in total. The third-order valence-corrected chi connectivity index (χ3v) is 2.69. The second kappa shape index (κ2) is 3.01. The Morgan fingerprint density at radius 3 is 2.75 bits per heavy atom. The summed E-state index contributed by atoms with van der Waals surface area (Å²) in [6.45, 7) is 3.47. The third-order valence-electron chi connectivity index (χ3n) is 1.56. The average molecular weight is 225 g/mol. The van der Waals surface area contributed by atoms with Crippen molar-refractivity contribution in [3.63, 3.8) is 0 Å². The minimum atomic E-state index is 0.755. The highest BCUT2D eigenvalue weighted by atomic mass is 127. The van der Waals surface area contributed by atoms with Crippen LogP contribution in [0, 0.1) is 0 Å². The van der Waals surface area contributed by atoms with Gasteiger partial charge in [0.1, 0.15) is 0 Å². The maximum Gasteiger partial charge on any atom is 0.0136 e. The fraction of sp³-hybridized carbons (Fsp3) is 1.00. The molecule has 0 spiro atoms. The van der Waals surface area contributed by atoms with Gasteiger partial charge in [0.25, 0.3) is 0 Å². The third kappa shape index (κ3) is 1.90. The molecule has 0 aromatic heterocycles. The fourth-order valence-electron chi connectivity index (χ4n) is 1.07. The number of halogens is 1. The summed E-state index contributed by atoms with van der Waals surface area (Å²) in [6, 6.07) is 0.755. The van der Waals surface area contributed by atoms with Crippen molar-refractivity contribution in [2.24, 2.45) is 0 Å². The van der Waals surface area contributed by atoms with E-state index in [1.807, 2.05) is 0 Å². The van der Waals surface area contributed by atoms with Crippen molar-refractivity contribution in [1.29, 1.82) is 0 Å². The van der Waals surface area contributed by atoms with E-state index >= 15 is 0 Å². The Bertz CT molecular complexity index is 66.9. The topological polar surface area (TPSA) is 12.0 Å². The van der Waals surface area contributed by atoms with Crippen LogP contribution in [0.4, 0.5) is 0 Å². The molecule has 8 heavy (non-hydrogen) atoms. The summed E-state index contributed by atoms with van der Waals surface area (Å²) >= 11 is 2.53. The zero-order valence-corrected chi connectivity index (χ0v) is 7.31. The molecule has 2 atom stereocenters. The maximum atomic E-state index is 3.41. The number of nitrogens with one attached hydrogen (secondary N) is 1. The van der Waals surface area contributed by atoms with E-state index < -0.39 is 0 Å². The van der Waals surface area contributed by atoms with E-state index in [1.165, 1.54) is 19.4 Å². The van der Waals surface area contributed by atoms with E-state index in [2.05, 4.69) is 34.8 Å². The Labute approximate surface area is 64.4 Å². The Morgan fingerprint density at radius 1 is 1.62 bits per heavy atom. The van der Waals surface area contributed by atoms with E-state index in [4.69, 9.17) is 0 Å². The summed E-state index contributed by atoms with van der Waals surface area (Å²) in [5.41, 5.74) is 0. The van der Waals surface area contributed by atoms with Gasteiger partial charge in [-0.2, -0.15) is 0 Å². The van der Waals surface area contributed by atoms with Crippen LogP contribution in [0.2, 0.25) is 0 Å². The monoisotopic (exact) mass is 225 g/mol. The summed E-state index contributed by atoms with van der Waals surface area (Å²) in [4.78, 5) is 0. The minimum absolute atomic E-state index is 0.755. The van der Waals surface area contributed by atoms with Gasteiger partial charge in [0, 0.05) is 9.97 Å². The standard InChI is InChI=1S/C6H12IN/c1-5-4-6(7)2-3-8-5/h5-6,8H,2-4H2,1H3/t5-,6+/m1/s1. The van der Waals surface area contributed by atoms with Gasteiger partial charge < -0.3 is 5.32 Å². The highest BCUT2D eigenvalue weighted by Gasteiger charge is 2.14. The van der Waals surface area contributed by atoms with Crippen LogP contribution in [0.1, 0.15) is 19.8 Å². The zero-order valence-electron chi connectivity index (χ0n) is 5.15. The van der Waals surface area contributed by atoms with Gasteiger partial charge >= 0.3 is 0 Å². The molecule has 0 amide bonds. The molecule has 0 saturated carbocycles. The predicted octanol–water partition coefficient (Wildman–Crippen LogP) is 1.56. The SMILES string of the molecule is C[C@@H]1C[C@@H](I)CCN1. The van der Waals surface area contributed by atoms with Gasteiger partial charge in [-0.3, -0.25) is 0 Å². The molecule has 0 aromatic carbocycles. The van der Waals surface area contributed by atoms with Gasteiger partial charge in [-0.1, -0.05) is 22.6 Å². The zero-order chi connectivity index (χ0) is 5.98. The first-order valence-electron chi connectivity index (χ1n) is 3.16. The lowest BCUT2D eigenvalue weighted by Crippen LogP contribution is -2.35. The van der Waals surface area contributed by atoms with Crippen molar-refractivity contribution in [2.45, 2.75) is 29.7 Å². The van der Waals surface area contributed by atoms with Crippen LogP contribution in [-0.4, -0.2) is 16.5 Å². The number of hydrogen-bond acceptors (Lipinski definition) is 1. The van der Waals surface area contributed by atoms with E-state index in [0.717, 1.165) is 9.97 Å². The number of alkyl halides is 1. The van der Waals surface area contributed by atoms with Crippen LogP contribution < -0.4 is 5.32 Å². The van der Waals surface area contributed by atoms with Crippen molar-refractivity contribution in [2.75, 3.05) is 6.54 Å². The molecule has 1 rings (SSSR count). The largest absolute Gasteiger partial charge is 0.314 e. The first-order valence-corrected chi connectivity index (χ1v) is 4.41. The van der Waals surface area contributed by atoms with Crippen LogP contribution in [0.5, 0.6) is 0 Å². The Kier molecular flexibility index (Phi) is 2.56. The van der Waals surface area contributed by atoms with Gasteiger partial charge in [-0.15, -0.1) is 0 Å². The molecule has 0 aromatic rings. The molecule has 1 fully saturated rings. The lowest BCUT2D eigenvalue weighted by molar-refractivity contribution is 0.442. The minimum Gasteiger partial charge on any atom is -0.314 e. The first kappa shape index (κ1) is 6.81. The van der Waals surface area contributed by atoms with Crippen molar-refractivity contribution in [3.05, 3.63) is 0 Å². The van der Waals surface area contributed by atoms with E-state index in [-0.39, 0.29) is 0 Å². The van der Waals surface area contributed by atoms with Crippen LogP contribution >= 0.6 is 22.6 Å². The maximum absolute atomic E-state index is 3.41. The van der Waals surface area contributed by atoms with Crippen molar-refractivity contribution in [3.8, 4) is 0 Å².